The lowest BCUT2D eigenvalue weighted by molar-refractivity contribution is 1.20. The molecule has 1 heteroatoms. The first-order chi connectivity index (χ1) is 3.63. The first-order valence-corrected chi connectivity index (χ1v) is 2.72. The van der Waals surface area contributed by atoms with Crippen molar-refractivity contribution in [3.63, 3.8) is 0 Å². The molecule has 0 aromatic heterocycles. The molecule has 42 valence electrons. The third-order valence-electron chi connectivity index (χ3n) is 0.684. The van der Waals surface area contributed by atoms with Gasteiger partial charge in [-0.3, -0.25) is 0 Å². The van der Waals surface area contributed by atoms with Crippen molar-refractivity contribution in [2.75, 3.05) is 0 Å². The molecule has 1 unspecified atom stereocenters. The lowest BCUT2D eigenvalue weighted by Gasteiger charge is -1.91. The Morgan fingerprint density at radius 3 is 2.38 bits per heavy atom. The highest BCUT2D eigenvalue weighted by atomic mass is 13.8. The van der Waals surface area contributed by atoms with Crippen LogP contribution < -0.4 is 0 Å². The summed E-state index contributed by atoms with van der Waals surface area (Å²) >= 11 is 0. The zero-order chi connectivity index (χ0) is 6.57. The summed E-state index contributed by atoms with van der Waals surface area (Å²) in [4.78, 5) is 0. The molecule has 0 rings (SSSR count). The Morgan fingerprint density at radius 1 is 1.75 bits per heavy atom. The second-order valence-corrected chi connectivity index (χ2v) is 2.06. The van der Waals surface area contributed by atoms with E-state index < -0.39 is 0 Å². The first-order valence-electron chi connectivity index (χ1n) is 2.72. The van der Waals surface area contributed by atoms with Crippen LogP contribution in [0.3, 0.4) is 0 Å². The molecule has 0 aromatic carbocycles. The Kier molecular flexibility index (Phi) is 3.33. The highest BCUT2D eigenvalue weighted by molar-refractivity contribution is 6.12. The van der Waals surface area contributed by atoms with Gasteiger partial charge in [0.15, 0.2) is 0 Å². The Balaban J connectivity index is 3.50. The summed E-state index contributed by atoms with van der Waals surface area (Å²) < 4.78 is 0. The van der Waals surface area contributed by atoms with Crippen molar-refractivity contribution in [2.45, 2.75) is 19.7 Å². The van der Waals surface area contributed by atoms with E-state index in [-0.39, 0.29) is 5.82 Å². The average molecular weight is 106 g/mol. The summed E-state index contributed by atoms with van der Waals surface area (Å²) in [6.45, 7) is 7.56. The summed E-state index contributed by atoms with van der Waals surface area (Å²) in [6, 6.07) is 0. The van der Waals surface area contributed by atoms with Gasteiger partial charge in [0.25, 0.3) is 0 Å². The van der Waals surface area contributed by atoms with E-state index in [1.165, 1.54) is 0 Å². The first kappa shape index (κ1) is 7.54. The molecule has 0 fully saturated rings. The van der Waals surface area contributed by atoms with Crippen LogP contribution in [0.15, 0.2) is 24.3 Å². The van der Waals surface area contributed by atoms with Gasteiger partial charge in [-0.25, -0.2) is 0 Å². The topological polar surface area (TPSA) is 0 Å². The molecule has 0 saturated carbocycles. The predicted molar refractivity (Wildman–Crippen MR) is 39.1 cm³/mol. The molecule has 0 N–H and O–H groups in total. The fraction of sp³-hybridized carbons (Fsp3) is 0.429. The quantitative estimate of drug-likeness (QED) is 0.373. The second kappa shape index (κ2) is 3.53. The van der Waals surface area contributed by atoms with Gasteiger partial charge in [0.1, 0.15) is 0 Å². The lowest BCUT2D eigenvalue weighted by atomic mass is 9.89. The molecular formula is C7H11B. The van der Waals surface area contributed by atoms with Crippen LogP contribution in [-0.4, -0.2) is 7.85 Å². The average Bonchev–Trinajstić information content (AvgIpc) is 1.61. The molecule has 0 bridgehead atoms. The van der Waals surface area contributed by atoms with Gasteiger partial charge in [-0.05, 0) is 6.92 Å². The molecular weight excluding hydrogens is 94.9 g/mol. The monoisotopic (exact) mass is 106 g/mol. The van der Waals surface area contributed by atoms with Gasteiger partial charge in [-0.15, -0.1) is 0 Å². The molecule has 0 aliphatic heterocycles. The second-order valence-electron chi connectivity index (χ2n) is 2.06. The van der Waals surface area contributed by atoms with E-state index in [1.54, 1.807) is 0 Å². The molecule has 2 radical (unpaired) electrons. The molecule has 0 saturated heterocycles. The van der Waals surface area contributed by atoms with Gasteiger partial charge >= 0.3 is 0 Å². The fourth-order valence-corrected chi connectivity index (χ4v) is 0.316. The van der Waals surface area contributed by atoms with E-state index in [4.69, 9.17) is 7.85 Å². The summed E-state index contributed by atoms with van der Waals surface area (Å²) in [7, 11) is 5.41. The van der Waals surface area contributed by atoms with Gasteiger partial charge in [-0.2, -0.15) is 0 Å². The van der Waals surface area contributed by atoms with E-state index in [0.29, 0.717) is 0 Å². The van der Waals surface area contributed by atoms with Crippen molar-refractivity contribution in [1.82, 2.24) is 0 Å². The van der Waals surface area contributed by atoms with Crippen molar-refractivity contribution in [3.8, 4) is 0 Å². The van der Waals surface area contributed by atoms with Gasteiger partial charge in [0, 0.05) is 0 Å². The van der Waals surface area contributed by atoms with Crippen LogP contribution >= 0.6 is 0 Å². The van der Waals surface area contributed by atoms with Gasteiger partial charge < -0.3 is 0 Å². The summed E-state index contributed by atoms with van der Waals surface area (Å²) in [6.07, 6.45) is 3.84. The van der Waals surface area contributed by atoms with E-state index in [2.05, 4.69) is 6.58 Å². The van der Waals surface area contributed by atoms with Gasteiger partial charge in [0.2, 0.25) is 0 Å². The zero-order valence-corrected chi connectivity index (χ0v) is 5.52. The molecule has 0 aromatic rings. The van der Waals surface area contributed by atoms with Crippen molar-refractivity contribution in [1.29, 1.82) is 0 Å². The molecule has 0 amide bonds. The highest BCUT2D eigenvalue weighted by Crippen LogP contribution is 1.99. The van der Waals surface area contributed by atoms with E-state index >= 15 is 0 Å². The number of allylic oxidation sites excluding steroid dienone is 3. The lowest BCUT2D eigenvalue weighted by Crippen LogP contribution is -1.75. The molecule has 1 atom stereocenters. The van der Waals surface area contributed by atoms with Crippen LogP contribution in [-0.2, 0) is 0 Å². The minimum Gasteiger partial charge on any atom is -0.0961 e. The van der Waals surface area contributed by atoms with Crippen LogP contribution in [0.4, 0.5) is 0 Å². The smallest absolute Gasteiger partial charge is 0.0751 e. The maximum absolute atomic E-state index is 5.41. The van der Waals surface area contributed by atoms with Crippen LogP contribution in [0.1, 0.15) is 13.8 Å². The largest absolute Gasteiger partial charge is 0.0961 e. The van der Waals surface area contributed by atoms with Crippen molar-refractivity contribution in [3.05, 3.63) is 24.3 Å². The molecule has 0 aliphatic carbocycles. The number of hydrogen-bond acceptors (Lipinski definition) is 0. The SMILES string of the molecule is [B]C(C)C=CC(=C)C. The predicted octanol–water partition coefficient (Wildman–Crippen LogP) is 2.10. The van der Waals surface area contributed by atoms with Crippen molar-refractivity contribution in [2.24, 2.45) is 0 Å². The highest BCUT2D eigenvalue weighted by Gasteiger charge is 1.80. The minimum atomic E-state index is 0.145. The minimum absolute atomic E-state index is 0.145. The summed E-state index contributed by atoms with van der Waals surface area (Å²) in [5, 5.41) is 0. The van der Waals surface area contributed by atoms with E-state index in [1.807, 2.05) is 26.0 Å². The molecule has 0 heterocycles. The molecule has 0 nitrogen and oxygen atoms in total. The summed E-state index contributed by atoms with van der Waals surface area (Å²) in [5.74, 6) is 0.145. The van der Waals surface area contributed by atoms with Crippen LogP contribution in [0.2, 0.25) is 5.82 Å². The third kappa shape index (κ3) is 5.54. The summed E-state index contributed by atoms with van der Waals surface area (Å²) in [5.41, 5.74) is 1.04. The Bertz CT molecular complexity index is 101. The fourth-order valence-electron chi connectivity index (χ4n) is 0.316. The number of rotatable bonds is 2. The van der Waals surface area contributed by atoms with Crippen LogP contribution in [0.25, 0.3) is 0 Å². The normalized spacial score (nSPS) is 14.2. The van der Waals surface area contributed by atoms with Crippen molar-refractivity contribution < 1.29 is 0 Å². The third-order valence-corrected chi connectivity index (χ3v) is 0.684. The van der Waals surface area contributed by atoms with Crippen LogP contribution in [0, 0.1) is 0 Å². The maximum atomic E-state index is 5.41. The molecule has 8 heavy (non-hydrogen) atoms. The van der Waals surface area contributed by atoms with Crippen LogP contribution in [0.5, 0.6) is 0 Å². The molecule has 0 aliphatic rings. The van der Waals surface area contributed by atoms with Gasteiger partial charge in [-0.1, -0.05) is 37.0 Å². The van der Waals surface area contributed by atoms with E-state index in [9.17, 15) is 0 Å². The number of hydrogen-bond donors (Lipinski definition) is 0. The van der Waals surface area contributed by atoms with Gasteiger partial charge in [0.05, 0.1) is 7.85 Å². The Hall–Kier alpha value is -0.455. The van der Waals surface area contributed by atoms with E-state index in [0.717, 1.165) is 5.57 Å². The standard InChI is InChI=1S/C7H11B/c1-6(2)4-5-7(3)8/h4-5,7H,1H2,2-3H3. The van der Waals surface area contributed by atoms with Crippen molar-refractivity contribution >= 4 is 7.85 Å². The Morgan fingerprint density at radius 2 is 2.25 bits per heavy atom. The zero-order valence-electron chi connectivity index (χ0n) is 5.52. The maximum Gasteiger partial charge on any atom is 0.0751 e. The Labute approximate surface area is 52.7 Å². The molecule has 0 spiro atoms.